The number of halogens is 3. The van der Waals surface area contributed by atoms with Gasteiger partial charge in [0.05, 0.1) is 26.6 Å². The minimum absolute atomic E-state index is 0.0528. The molecule has 0 aliphatic rings. The van der Waals surface area contributed by atoms with Gasteiger partial charge in [-0.05, 0) is 13.0 Å². The first-order valence-corrected chi connectivity index (χ1v) is 6.44. The summed E-state index contributed by atoms with van der Waals surface area (Å²) in [4.78, 5) is 14.5. The SMILES string of the molecule is Cc1nc2cc(NCCC(F)(F)F)c([N+](=O)[O-])cc2s1. The molecule has 0 saturated heterocycles. The standard InChI is InChI=1S/C11H10F3N3O2S/c1-6-16-8-4-7(15-3-2-11(12,13)14)9(17(18)19)5-10(8)20-6/h4-5,15H,2-3H2,1H3. The molecule has 0 amide bonds. The van der Waals surface area contributed by atoms with Crippen LogP contribution in [0.25, 0.3) is 10.2 Å². The van der Waals surface area contributed by atoms with E-state index in [2.05, 4.69) is 10.3 Å². The lowest BCUT2D eigenvalue weighted by molar-refractivity contribution is -0.383. The number of benzene rings is 1. The van der Waals surface area contributed by atoms with Gasteiger partial charge in [0.15, 0.2) is 0 Å². The number of alkyl halides is 3. The maximum absolute atomic E-state index is 12.1. The maximum atomic E-state index is 12.1. The van der Waals surface area contributed by atoms with Gasteiger partial charge in [-0.15, -0.1) is 11.3 Å². The van der Waals surface area contributed by atoms with E-state index in [9.17, 15) is 23.3 Å². The Labute approximate surface area is 115 Å². The Morgan fingerprint density at radius 1 is 1.45 bits per heavy atom. The zero-order chi connectivity index (χ0) is 14.9. The Balaban J connectivity index is 2.29. The third-order valence-electron chi connectivity index (χ3n) is 2.53. The summed E-state index contributed by atoms with van der Waals surface area (Å²) in [5, 5.41) is 14.2. The van der Waals surface area contributed by atoms with Crippen molar-refractivity contribution < 1.29 is 18.1 Å². The van der Waals surface area contributed by atoms with Crippen molar-refractivity contribution in [3.8, 4) is 0 Å². The number of hydrogen-bond acceptors (Lipinski definition) is 5. The molecular weight excluding hydrogens is 295 g/mol. The molecule has 9 heteroatoms. The molecule has 0 saturated carbocycles. The summed E-state index contributed by atoms with van der Waals surface area (Å²) >= 11 is 1.30. The molecule has 1 N–H and O–H groups in total. The number of fused-ring (bicyclic) bond motifs is 1. The summed E-state index contributed by atoms with van der Waals surface area (Å²) in [5.74, 6) is 0. The van der Waals surface area contributed by atoms with Crippen molar-refractivity contribution in [2.45, 2.75) is 19.5 Å². The zero-order valence-corrected chi connectivity index (χ0v) is 11.1. The predicted octanol–water partition coefficient (Wildman–Crippen LogP) is 3.88. The summed E-state index contributed by atoms with van der Waals surface area (Å²) < 4.78 is 36.9. The van der Waals surface area contributed by atoms with Crippen LogP contribution in [0, 0.1) is 17.0 Å². The number of anilines is 1. The molecule has 0 bridgehead atoms. The van der Waals surface area contributed by atoms with Gasteiger partial charge in [-0.1, -0.05) is 0 Å². The molecule has 108 valence electrons. The molecule has 0 unspecified atom stereocenters. The van der Waals surface area contributed by atoms with Crippen LogP contribution in [-0.4, -0.2) is 22.6 Å². The van der Waals surface area contributed by atoms with Crippen LogP contribution in [0.15, 0.2) is 12.1 Å². The highest BCUT2D eigenvalue weighted by atomic mass is 32.1. The van der Waals surface area contributed by atoms with E-state index in [-0.39, 0.29) is 11.4 Å². The van der Waals surface area contributed by atoms with Crippen LogP contribution in [0.3, 0.4) is 0 Å². The third kappa shape index (κ3) is 3.35. The van der Waals surface area contributed by atoms with Crippen molar-refractivity contribution in [2.24, 2.45) is 0 Å². The topological polar surface area (TPSA) is 68.1 Å². The lowest BCUT2D eigenvalue weighted by atomic mass is 10.2. The third-order valence-corrected chi connectivity index (χ3v) is 3.47. The smallest absolute Gasteiger partial charge is 0.379 e. The minimum atomic E-state index is -4.30. The molecule has 0 spiro atoms. The van der Waals surface area contributed by atoms with Crippen LogP contribution in [0.4, 0.5) is 24.5 Å². The molecule has 1 heterocycles. The van der Waals surface area contributed by atoms with Gasteiger partial charge in [-0.3, -0.25) is 10.1 Å². The fourth-order valence-electron chi connectivity index (χ4n) is 1.71. The Morgan fingerprint density at radius 2 is 2.15 bits per heavy atom. The van der Waals surface area contributed by atoms with Gasteiger partial charge in [0.2, 0.25) is 0 Å². The van der Waals surface area contributed by atoms with Gasteiger partial charge in [0.1, 0.15) is 5.69 Å². The van der Waals surface area contributed by atoms with Gasteiger partial charge < -0.3 is 5.32 Å². The first-order valence-electron chi connectivity index (χ1n) is 5.62. The Hall–Kier alpha value is -1.90. The number of hydrogen-bond donors (Lipinski definition) is 1. The Kier molecular flexibility index (Phi) is 3.80. The molecule has 2 rings (SSSR count). The summed E-state index contributed by atoms with van der Waals surface area (Å²) in [6.45, 7) is 1.34. The molecular formula is C11H10F3N3O2S. The quantitative estimate of drug-likeness (QED) is 0.687. The van der Waals surface area contributed by atoms with Crippen molar-refractivity contribution in [3.63, 3.8) is 0 Å². The number of rotatable bonds is 4. The molecule has 0 atom stereocenters. The number of aromatic nitrogens is 1. The van der Waals surface area contributed by atoms with Crippen LogP contribution < -0.4 is 5.32 Å². The van der Waals surface area contributed by atoms with Crippen LogP contribution in [0.1, 0.15) is 11.4 Å². The van der Waals surface area contributed by atoms with E-state index in [1.54, 1.807) is 6.92 Å². The van der Waals surface area contributed by atoms with Gasteiger partial charge in [0.25, 0.3) is 5.69 Å². The van der Waals surface area contributed by atoms with Crippen LogP contribution in [0.2, 0.25) is 0 Å². The molecule has 20 heavy (non-hydrogen) atoms. The highest BCUT2D eigenvalue weighted by molar-refractivity contribution is 7.18. The predicted molar refractivity (Wildman–Crippen MR) is 70.2 cm³/mol. The van der Waals surface area contributed by atoms with E-state index in [0.717, 1.165) is 5.01 Å². The number of thiazole rings is 1. The van der Waals surface area contributed by atoms with E-state index in [1.807, 2.05) is 0 Å². The molecule has 0 fully saturated rings. The van der Waals surface area contributed by atoms with Crippen molar-refractivity contribution in [2.75, 3.05) is 11.9 Å². The van der Waals surface area contributed by atoms with E-state index in [1.165, 1.54) is 23.5 Å². The van der Waals surface area contributed by atoms with Crippen molar-refractivity contribution in [3.05, 3.63) is 27.3 Å². The highest BCUT2D eigenvalue weighted by Crippen LogP contribution is 2.33. The lowest BCUT2D eigenvalue weighted by Gasteiger charge is -2.09. The van der Waals surface area contributed by atoms with E-state index in [0.29, 0.717) is 10.2 Å². The summed E-state index contributed by atoms with van der Waals surface area (Å²) in [7, 11) is 0. The normalized spacial score (nSPS) is 11.8. The van der Waals surface area contributed by atoms with Crippen molar-refractivity contribution in [1.29, 1.82) is 0 Å². The number of nitro benzene ring substituents is 1. The number of nitro groups is 1. The average Bonchev–Trinajstić information content (AvgIpc) is 2.65. The van der Waals surface area contributed by atoms with Gasteiger partial charge in [-0.2, -0.15) is 13.2 Å². The second-order valence-electron chi connectivity index (χ2n) is 4.12. The van der Waals surface area contributed by atoms with Crippen LogP contribution >= 0.6 is 11.3 Å². The van der Waals surface area contributed by atoms with Crippen LogP contribution in [-0.2, 0) is 0 Å². The monoisotopic (exact) mass is 305 g/mol. The maximum Gasteiger partial charge on any atom is 0.390 e. The number of nitrogens with zero attached hydrogens (tertiary/aromatic N) is 2. The lowest BCUT2D eigenvalue weighted by Crippen LogP contribution is -2.15. The van der Waals surface area contributed by atoms with E-state index < -0.39 is 24.1 Å². The largest absolute Gasteiger partial charge is 0.390 e. The molecule has 0 radical (unpaired) electrons. The van der Waals surface area contributed by atoms with Crippen molar-refractivity contribution >= 4 is 32.9 Å². The van der Waals surface area contributed by atoms with Gasteiger partial charge in [0, 0.05) is 12.6 Å². The summed E-state index contributed by atoms with van der Waals surface area (Å²) in [5.41, 5.74) is 0.341. The van der Waals surface area contributed by atoms with Crippen molar-refractivity contribution in [1.82, 2.24) is 4.98 Å². The van der Waals surface area contributed by atoms with E-state index >= 15 is 0 Å². The highest BCUT2D eigenvalue weighted by Gasteiger charge is 2.27. The second-order valence-corrected chi connectivity index (χ2v) is 5.35. The first-order chi connectivity index (χ1) is 9.26. The molecule has 0 aliphatic carbocycles. The minimum Gasteiger partial charge on any atom is -0.379 e. The molecule has 1 aromatic heterocycles. The Bertz CT molecular complexity index is 654. The van der Waals surface area contributed by atoms with Crippen LogP contribution in [0.5, 0.6) is 0 Å². The number of nitrogens with one attached hydrogen (secondary N) is 1. The summed E-state index contributed by atoms with van der Waals surface area (Å²) in [6, 6.07) is 2.74. The fourth-order valence-corrected chi connectivity index (χ4v) is 2.55. The van der Waals surface area contributed by atoms with Gasteiger partial charge >= 0.3 is 6.18 Å². The molecule has 2 aromatic rings. The van der Waals surface area contributed by atoms with E-state index in [4.69, 9.17) is 0 Å². The Morgan fingerprint density at radius 3 is 2.75 bits per heavy atom. The molecule has 0 aliphatic heterocycles. The average molecular weight is 305 g/mol. The number of aryl methyl sites for hydroxylation is 1. The van der Waals surface area contributed by atoms with Gasteiger partial charge in [-0.25, -0.2) is 4.98 Å². The summed E-state index contributed by atoms with van der Waals surface area (Å²) in [6.07, 6.45) is -5.36. The zero-order valence-electron chi connectivity index (χ0n) is 10.3. The fraction of sp³-hybridized carbons (Fsp3) is 0.364. The molecule has 5 nitrogen and oxygen atoms in total. The second kappa shape index (κ2) is 5.23. The first kappa shape index (κ1) is 14.5. The molecule has 1 aromatic carbocycles.